The molecule has 0 bridgehead atoms. The minimum absolute atomic E-state index is 0.165. The number of nitrogens with two attached hydrogens (primary N) is 1. The molecule has 2 atom stereocenters. The molecule has 1 saturated carbocycles. The summed E-state index contributed by atoms with van der Waals surface area (Å²) in [5.74, 6) is 0. The second kappa shape index (κ2) is 5.22. The molecule has 4 nitrogen and oxygen atoms in total. The maximum Gasteiger partial charge on any atom is 0.0448 e. The molecule has 0 amide bonds. The number of hydrogen-bond donors (Lipinski definition) is 2. The van der Waals surface area contributed by atoms with E-state index in [0.29, 0.717) is 6.04 Å². The zero-order valence-electron chi connectivity index (χ0n) is 11.6. The van der Waals surface area contributed by atoms with E-state index in [0.717, 1.165) is 32.2 Å². The van der Waals surface area contributed by atoms with E-state index in [1.54, 1.807) is 0 Å². The van der Waals surface area contributed by atoms with E-state index >= 15 is 0 Å². The van der Waals surface area contributed by atoms with Crippen LogP contribution in [0.3, 0.4) is 0 Å². The first kappa shape index (κ1) is 13.3. The Bertz CT molecular complexity index is 252. The van der Waals surface area contributed by atoms with E-state index in [4.69, 9.17) is 5.73 Å². The Morgan fingerprint density at radius 2 is 2.12 bits per heavy atom. The molecule has 3 N–H and O–H groups in total. The van der Waals surface area contributed by atoms with Crippen LogP contribution >= 0.6 is 0 Å². The lowest BCUT2D eigenvalue weighted by Crippen LogP contribution is -2.54. The van der Waals surface area contributed by atoms with Crippen LogP contribution in [0.1, 0.15) is 26.2 Å². The number of nitrogens with zero attached hydrogens (tertiary/aromatic N) is 2. The van der Waals surface area contributed by atoms with Crippen molar-refractivity contribution in [2.45, 2.75) is 43.8 Å². The average Bonchev–Trinajstić information content (AvgIpc) is 3.04. The molecule has 0 aromatic heterocycles. The van der Waals surface area contributed by atoms with Gasteiger partial charge in [-0.2, -0.15) is 0 Å². The highest BCUT2D eigenvalue weighted by atomic mass is 15.3. The molecule has 2 rings (SSSR count). The van der Waals surface area contributed by atoms with Crippen LogP contribution in [0.4, 0.5) is 0 Å². The Hall–Kier alpha value is -0.160. The molecule has 0 spiro atoms. The third-order valence-corrected chi connectivity index (χ3v) is 4.20. The number of hydrogen-bond acceptors (Lipinski definition) is 4. The van der Waals surface area contributed by atoms with Crippen molar-refractivity contribution in [3.8, 4) is 0 Å². The van der Waals surface area contributed by atoms with Crippen LogP contribution in [0.15, 0.2) is 0 Å². The van der Waals surface area contributed by atoms with Gasteiger partial charge in [-0.15, -0.1) is 0 Å². The minimum Gasteiger partial charge on any atom is -0.329 e. The van der Waals surface area contributed by atoms with Crippen molar-refractivity contribution in [3.63, 3.8) is 0 Å². The van der Waals surface area contributed by atoms with Gasteiger partial charge in [0, 0.05) is 43.8 Å². The fraction of sp³-hybridized carbons (Fsp3) is 1.00. The summed E-state index contributed by atoms with van der Waals surface area (Å²) in [7, 11) is 4.23. The third kappa shape index (κ3) is 3.19. The third-order valence-electron chi connectivity index (χ3n) is 4.20. The van der Waals surface area contributed by atoms with Crippen molar-refractivity contribution in [2.75, 3.05) is 40.3 Å². The van der Waals surface area contributed by atoms with Crippen molar-refractivity contribution in [2.24, 2.45) is 5.73 Å². The van der Waals surface area contributed by atoms with Crippen LogP contribution in [0, 0.1) is 0 Å². The molecule has 100 valence electrons. The van der Waals surface area contributed by atoms with Gasteiger partial charge in [0.25, 0.3) is 0 Å². The molecule has 1 saturated heterocycles. The van der Waals surface area contributed by atoms with E-state index in [-0.39, 0.29) is 5.54 Å². The topological polar surface area (TPSA) is 44.5 Å². The highest BCUT2D eigenvalue weighted by molar-refractivity contribution is 5.05. The highest BCUT2D eigenvalue weighted by Crippen LogP contribution is 2.36. The molecule has 2 aliphatic rings. The lowest BCUT2D eigenvalue weighted by Gasteiger charge is -2.30. The van der Waals surface area contributed by atoms with Crippen LogP contribution in [0.5, 0.6) is 0 Å². The van der Waals surface area contributed by atoms with Crippen LogP contribution in [-0.2, 0) is 0 Å². The lowest BCUT2D eigenvalue weighted by atomic mass is 9.96. The van der Waals surface area contributed by atoms with Crippen LogP contribution in [-0.4, -0.2) is 67.7 Å². The molecule has 2 fully saturated rings. The van der Waals surface area contributed by atoms with Crippen LogP contribution < -0.4 is 11.1 Å². The normalized spacial score (nSPS) is 34.8. The van der Waals surface area contributed by atoms with E-state index in [1.807, 2.05) is 0 Å². The first-order chi connectivity index (χ1) is 8.06. The Morgan fingerprint density at radius 1 is 1.41 bits per heavy atom. The fourth-order valence-corrected chi connectivity index (χ4v) is 3.04. The second-order valence-corrected chi connectivity index (χ2v) is 6.17. The van der Waals surface area contributed by atoms with E-state index in [1.165, 1.54) is 19.3 Å². The Balaban J connectivity index is 1.86. The quantitative estimate of drug-likeness (QED) is 0.691. The summed E-state index contributed by atoms with van der Waals surface area (Å²) in [6.07, 6.45) is 3.98. The summed E-state index contributed by atoms with van der Waals surface area (Å²) >= 11 is 0. The van der Waals surface area contributed by atoms with Crippen molar-refractivity contribution in [1.82, 2.24) is 15.1 Å². The van der Waals surface area contributed by atoms with Crippen molar-refractivity contribution < 1.29 is 0 Å². The number of nitrogens with one attached hydrogen (secondary N) is 1. The minimum atomic E-state index is 0.165. The molecule has 2 unspecified atom stereocenters. The molecule has 0 radical (unpaired) electrons. The molecular formula is C13H28N4. The first-order valence-corrected chi connectivity index (χ1v) is 6.92. The SMILES string of the molecule is CC1CC(CN)(NCCN(C)C)CN1C1CC1. The summed E-state index contributed by atoms with van der Waals surface area (Å²) in [5, 5.41) is 3.71. The number of rotatable bonds is 6. The van der Waals surface area contributed by atoms with Gasteiger partial charge in [-0.25, -0.2) is 0 Å². The van der Waals surface area contributed by atoms with Gasteiger partial charge in [0.1, 0.15) is 0 Å². The molecule has 1 aliphatic heterocycles. The maximum absolute atomic E-state index is 6.03. The monoisotopic (exact) mass is 240 g/mol. The predicted molar refractivity (Wildman–Crippen MR) is 72.1 cm³/mol. The van der Waals surface area contributed by atoms with Gasteiger partial charge in [-0.1, -0.05) is 0 Å². The summed E-state index contributed by atoms with van der Waals surface area (Å²) in [4.78, 5) is 4.88. The van der Waals surface area contributed by atoms with Crippen molar-refractivity contribution in [1.29, 1.82) is 0 Å². The molecular weight excluding hydrogens is 212 g/mol. The summed E-state index contributed by atoms with van der Waals surface area (Å²) in [6.45, 7) is 6.37. The van der Waals surface area contributed by atoms with Crippen LogP contribution in [0.2, 0.25) is 0 Å². The largest absolute Gasteiger partial charge is 0.329 e. The van der Waals surface area contributed by atoms with Gasteiger partial charge in [0.05, 0.1) is 0 Å². The molecule has 0 aromatic rings. The molecule has 1 aliphatic carbocycles. The van der Waals surface area contributed by atoms with Crippen LogP contribution in [0.25, 0.3) is 0 Å². The average molecular weight is 240 g/mol. The molecule has 4 heteroatoms. The standard InChI is InChI=1S/C13H28N4/c1-11-8-13(9-14,15-6-7-16(2)3)10-17(11)12-4-5-12/h11-12,15H,4-10,14H2,1-3H3. The highest BCUT2D eigenvalue weighted by Gasteiger charge is 2.45. The Morgan fingerprint density at radius 3 is 2.65 bits per heavy atom. The van der Waals surface area contributed by atoms with Gasteiger partial charge >= 0.3 is 0 Å². The zero-order valence-corrected chi connectivity index (χ0v) is 11.6. The predicted octanol–water partition coefficient (Wildman–Crippen LogP) is 0.0917. The lowest BCUT2D eigenvalue weighted by molar-refractivity contribution is 0.239. The second-order valence-electron chi connectivity index (χ2n) is 6.17. The smallest absolute Gasteiger partial charge is 0.0448 e. The number of likely N-dealkylation sites (tertiary alicyclic amines) is 1. The Kier molecular flexibility index (Phi) is 4.08. The van der Waals surface area contributed by atoms with Crippen molar-refractivity contribution >= 4 is 0 Å². The molecule has 17 heavy (non-hydrogen) atoms. The van der Waals surface area contributed by atoms with Gasteiger partial charge in [0.15, 0.2) is 0 Å². The van der Waals surface area contributed by atoms with Gasteiger partial charge in [-0.3, -0.25) is 4.90 Å². The molecule has 0 aromatic carbocycles. The molecule has 1 heterocycles. The van der Waals surface area contributed by atoms with Crippen molar-refractivity contribution in [3.05, 3.63) is 0 Å². The van der Waals surface area contributed by atoms with E-state index < -0.39 is 0 Å². The van der Waals surface area contributed by atoms with Gasteiger partial charge in [0.2, 0.25) is 0 Å². The first-order valence-electron chi connectivity index (χ1n) is 6.92. The Labute approximate surface area is 106 Å². The summed E-state index contributed by atoms with van der Waals surface area (Å²) in [6, 6.07) is 1.55. The van der Waals surface area contributed by atoms with E-state index in [2.05, 4.69) is 36.1 Å². The zero-order chi connectivity index (χ0) is 12.5. The summed E-state index contributed by atoms with van der Waals surface area (Å²) in [5.41, 5.74) is 6.19. The van der Waals surface area contributed by atoms with Gasteiger partial charge < -0.3 is 16.0 Å². The van der Waals surface area contributed by atoms with E-state index in [9.17, 15) is 0 Å². The maximum atomic E-state index is 6.03. The fourth-order valence-electron chi connectivity index (χ4n) is 3.04. The number of likely N-dealkylation sites (N-methyl/N-ethyl adjacent to an activating group) is 1. The van der Waals surface area contributed by atoms with Gasteiger partial charge in [-0.05, 0) is 40.3 Å². The summed E-state index contributed by atoms with van der Waals surface area (Å²) < 4.78 is 0.